The SMILES string of the molecule is CCCOC(=O)CCN1CCC(N2CCN(C(=O)[C@@H](Cc3cc(C)c4[nH]c(=O)oc4c3)OC(=O)N3CCC(N4CCc5ccccc5NC4=O)CC3)CC2)CC1. The summed E-state index contributed by atoms with van der Waals surface area (Å²) < 4.78 is 16.7. The van der Waals surface area contributed by atoms with Gasteiger partial charge in [0.25, 0.3) is 5.91 Å². The number of hydrogen-bond donors (Lipinski definition) is 2. The number of para-hydroxylation sites is 1. The highest BCUT2D eigenvalue weighted by Gasteiger charge is 2.36. The second kappa shape index (κ2) is 17.9. The number of esters is 1. The van der Waals surface area contributed by atoms with Crippen molar-refractivity contribution < 1.29 is 33.1 Å². The van der Waals surface area contributed by atoms with Gasteiger partial charge in [0.1, 0.15) is 0 Å². The van der Waals surface area contributed by atoms with Crippen molar-refractivity contribution in [3.05, 3.63) is 63.6 Å². The molecule has 2 aromatic carbocycles. The Labute approximate surface area is 327 Å². The van der Waals surface area contributed by atoms with Gasteiger partial charge in [-0.15, -0.1) is 0 Å². The number of oxazole rings is 1. The number of aryl methyl sites for hydroxylation is 1. The first-order valence-electron chi connectivity index (χ1n) is 20.3. The number of nitrogens with one attached hydrogen (secondary N) is 2. The van der Waals surface area contributed by atoms with Crippen molar-refractivity contribution >= 4 is 40.8 Å². The lowest BCUT2D eigenvalue weighted by Crippen LogP contribution is -2.56. The lowest BCUT2D eigenvalue weighted by Gasteiger charge is -2.43. The number of ether oxygens (including phenoxy) is 2. The van der Waals surface area contributed by atoms with Gasteiger partial charge in [-0.1, -0.05) is 31.2 Å². The van der Waals surface area contributed by atoms with Gasteiger partial charge in [0.15, 0.2) is 11.7 Å². The van der Waals surface area contributed by atoms with Crippen LogP contribution in [0.15, 0.2) is 45.6 Å². The van der Waals surface area contributed by atoms with E-state index in [1.165, 1.54) is 0 Å². The molecule has 1 atom stereocenters. The zero-order valence-corrected chi connectivity index (χ0v) is 32.6. The zero-order valence-electron chi connectivity index (χ0n) is 32.6. The van der Waals surface area contributed by atoms with E-state index in [1.807, 2.05) is 49.1 Å². The number of fused-ring (bicyclic) bond motifs is 2. The number of amides is 4. The maximum absolute atomic E-state index is 14.2. The van der Waals surface area contributed by atoms with E-state index >= 15 is 0 Å². The molecule has 7 rings (SSSR count). The summed E-state index contributed by atoms with van der Waals surface area (Å²) in [4.78, 5) is 77.9. The number of hydrogen-bond acceptors (Lipinski definition) is 10. The number of carbonyl (C=O) groups excluding carboxylic acids is 4. The lowest BCUT2D eigenvalue weighted by molar-refractivity contribution is -0.144. The van der Waals surface area contributed by atoms with Gasteiger partial charge < -0.3 is 38.8 Å². The van der Waals surface area contributed by atoms with Gasteiger partial charge in [0.2, 0.25) is 0 Å². The molecule has 4 amide bonds. The van der Waals surface area contributed by atoms with Crippen molar-refractivity contribution in [1.82, 2.24) is 29.5 Å². The van der Waals surface area contributed by atoms with Crippen molar-refractivity contribution in [3.8, 4) is 0 Å². The molecule has 0 bridgehead atoms. The third-order valence-corrected chi connectivity index (χ3v) is 11.8. The minimum atomic E-state index is -1.07. The molecule has 0 unspecified atom stereocenters. The second-order valence-electron chi connectivity index (χ2n) is 15.5. The van der Waals surface area contributed by atoms with Crippen molar-refractivity contribution in [2.45, 2.75) is 83.4 Å². The minimum absolute atomic E-state index is 0.0191. The topological polar surface area (TPSA) is 161 Å². The van der Waals surface area contributed by atoms with Crippen LogP contribution < -0.4 is 11.1 Å². The monoisotopic (exact) mass is 773 g/mol. The maximum Gasteiger partial charge on any atom is 0.417 e. The molecular formula is C41H55N7O8. The molecule has 3 aromatic rings. The Kier molecular flexibility index (Phi) is 12.6. The number of benzene rings is 2. The van der Waals surface area contributed by atoms with Crippen LogP contribution in [0.4, 0.5) is 15.3 Å². The van der Waals surface area contributed by atoms with Gasteiger partial charge >= 0.3 is 23.8 Å². The fraction of sp³-hybridized carbons (Fsp3) is 0.585. The van der Waals surface area contributed by atoms with Gasteiger partial charge in [-0.3, -0.25) is 19.5 Å². The third kappa shape index (κ3) is 9.38. The van der Waals surface area contributed by atoms with Gasteiger partial charge in [0.05, 0.1) is 18.5 Å². The van der Waals surface area contributed by atoms with Crippen molar-refractivity contribution in [3.63, 3.8) is 0 Å². The summed E-state index contributed by atoms with van der Waals surface area (Å²) in [6.45, 7) is 10.8. The largest absolute Gasteiger partial charge is 0.466 e. The number of likely N-dealkylation sites (tertiary alicyclic amines) is 2. The van der Waals surface area contributed by atoms with E-state index in [9.17, 15) is 24.0 Å². The molecule has 2 N–H and O–H groups in total. The Morgan fingerprint density at radius 2 is 1.62 bits per heavy atom. The highest BCUT2D eigenvalue weighted by atomic mass is 16.6. The molecule has 0 saturated carbocycles. The number of piperazine rings is 1. The van der Waals surface area contributed by atoms with Crippen LogP contribution in [0.25, 0.3) is 11.1 Å². The van der Waals surface area contributed by atoms with E-state index in [-0.39, 0.29) is 30.4 Å². The van der Waals surface area contributed by atoms with Crippen LogP contribution in [0.2, 0.25) is 0 Å². The number of piperidine rings is 2. The van der Waals surface area contributed by atoms with E-state index in [1.54, 1.807) is 15.9 Å². The molecule has 4 aliphatic rings. The van der Waals surface area contributed by atoms with Crippen LogP contribution in [0, 0.1) is 6.92 Å². The first-order valence-corrected chi connectivity index (χ1v) is 20.3. The van der Waals surface area contributed by atoms with Crippen LogP contribution in [0.5, 0.6) is 0 Å². The molecular weight excluding hydrogens is 718 g/mol. The Bertz CT molecular complexity index is 1920. The summed E-state index contributed by atoms with van der Waals surface area (Å²) in [7, 11) is 0. The Morgan fingerprint density at radius 3 is 2.38 bits per heavy atom. The first kappa shape index (κ1) is 39.3. The number of nitrogens with zero attached hydrogens (tertiary/aromatic N) is 5. The fourth-order valence-electron chi connectivity index (χ4n) is 8.66. The van der Waals surface area contributed by atoms with Gasteiger partial charge in [0, 0.05) is 76.5 Å². The van der Waals surface area contributed by atoms with Crippen LogP contribution in [-0.4, -0.2) is 144 Å². The van der Waals surface area contributed by atoms with Crippen molar-refractivity contribution in [2.75, 3.05) is 77.4 Å². The molecule has 0 spiro atoms. The molecule has 0 aliphatic carbocycles. The molecule has 56 heavy (non-hydrogen) atoms. The van der Waals surface area contributed by atoms with E-state index in [0.29, 0.717) is 82.3 Å². The first-order chi connectivity index (χ1) is 27.1. The van der Waals surface area contributed by atoms with Gasteiger partial charge in [-0.25, -0.2) is 14.4 Å². The van der Waals surface area contributed by atoms with Crippen molar-refractivity contribution in [1.29, 1.82) is 0 Å². The quantitative estimate of drug-likeness (QED) is 0.273. The molecule has 0 radical (unpaired) electrons. The van der Waals surface area contributed by atoms with E-state index in [0.717, 1.165) is 74.2 Å². The normalized spacial score (nSPS) is 19.7. The smallest absolute Gasteiger partial charge is 0.417 e. The molecule has 1 aromatic heterocycles. The Balaban J connectivity index is 0.952. The van der Waals surface area contributed by atoms with E-state index < -0.39 is 18.0 Å². The predicted octanol–water partition coefficient (Wildman–Crippen LogP) is 3.98. The molecule has 15 nitrogen and oxygen atoms in total. The van der Waals surface area contributed by atoms with Gasteiger partial charge in [-0.05, 0) is 87.4 Å². The van der Waals surface area contributed by atoms with Gasteiger partial charge in [-0.2, -0.15) is 0 Å². The average molecular weight is 774 g/mol. The van der Waals surface area contributed by atoms with Crippen LogP contribution in [0.3, 0.4) is 0 Å². The highest BCUT2D eigenvalue weighted by molar-refractivity contribution is 5.91. The van der Waals surface area contributed by atoms with Crippen LogP contribution in [0.1, 0.15) is 62.1 Å². The molecule has 15 heteroatoms. The second-order valence-corrected chi connectivity index (χ2v) is 15.5. The summed E-state index contributed by atoms with van der Waals surface area (Å²) in [6.07, 6.45) is 3.71. The number of rotatable bonds is 11. The molecule has 5 heterocycles. The number of H-pyrrole nitrogens is 1. The molecule has 302 valence electrons. The highest BCUT2D eigenvalue weighted by Crippen LogP contribution is 2.26. The maximum atomic E-state index is 14.2. The number of urea groups is 1. The summed E-state index contributed by atoms with van der Waals surface area (Å²) in [5.74, 6) is -0.937. The number of aromatic amines is 1. The molecule has 4 aliphatic heterocycles. The minimum Gasteiger partial charge on any atom is -0.466 e. The predicted molar refractivity (Wildman–Crippen MR) is 209 cm³/mol. The Morgan fingerprint density at radius 1 is 0.893 bits per heavy atom. The van der Waals surface area contributed by atoms with Crippen LogP contribution in [-0.2, 0) is 31.9 Å². The summed E-state index contributed by atoms with van der Waals surface area (Å²) in [5.41, 5.74) is 4.45. The third-order valence-electron chi connectivity index (χ3n) is 11.8. The lowest BCUT2D eigenvalue weighted by atomic mass is 10.0. The van der Waals surface area contributed by atoms with E-state index in [2.05, 4.69) is 20.1 Å². The van der Waals surface area contributed by atoms with Crippen LogP contribution >= 0.6 is 0 Å². The van der Waals surface area contributed by atoms with Crippen molar-refractivity contribution in [2.24, 2.45) is 0 Å². The number of anilines is 1. The molecule has 3 saturated heterocycles. The average Bonchev–Trinajstić information content (AvgIpc) is 3.51. The number of aromatic nitrogens is 1. The standard InChI is InChI=1S/C41H55N7O8/c1-3-24-54-36(49)13-16-44-14-9-31(10-15-44)45-20-22-46(23-21-45)38(50)35(27-29-25-28(2)37-34(26-29)55-40(52)43-37)56-41(53)47-17-11-32(12-18-47)48-19-8-30-6-4-5-7-33(30)42-39(48)51/h4-7,25-26,31-32,35H,3,8-24,27H2,1-2H3,(H,42,51)(H,43,52)/t35-/m1/s1. The summed E-state index contributed by atoms with van der Waals surface area (Å²) >= 11 is 0. The fourth-order valence-corrected chi connectivity index (χ4v) is 8.66. The number of carbonyl (C=O) groups is 4. The molecule has 3 fully saturated rings. The van der Waals surface area contributed by atoms with E-state index in [4.69, 9.17) is 13.9 Å². The Hall–Kier alpha value is -4.89. The summed E-state index contributed by atoms with van der Waals surface area (Å²) in [5, 5.41) is 3.04. The zero-order chi connectivity index (χ0) is 39.2. The summed E-state index contributed by atoms with van der Waals surface area (Å²) in [6, 6.07) is 11.7.